The van der Waals surface area contributed by atoms with E-state index in [4.69, 9.17) is 9.47 Å². The standard InChI is InChI=1S/C15H14O3/c16-14-7-5-12(6-8-14)11-1-3-13(4-2-11)15-17-9-10-18-15/h1-8,15-16H,9-10H2. The third-order valence-electron chi connectivity index (χ3n) is 3.01. The number of phenols is 1. The molecule has 1 N–H and O–H groups in total. The van der Waals surface area contributed by atoms with Crippen LogP contribution in [0.25, 0.3) is 11.1 Å². The molecule has 0 spiro atoms. The Hall–Kier alpha value is -1.84. The topological polar surface area (TPSA) is 38.7 Å². The highest BCUT2D eigenvalue weighted by Gasteiger charge is 2.17. The third-order valence-corrected chi connectivity index (χ3v) is 3.01. The first-order chi connectivity index (χ1) is 8.83. The molecule has 1 heterocycles. The average Bonchev–Trinajstić information content (AvgIpc) is 2.94. The lowest BCUT2D eigenvalue weighted by Gasteiger charge is -2.10. The van der Waals surface area contributed by atoms with E-state index in [9.17, 15) is 5.11 Å². The molecule has 1 saturated heterocycles. The van der Waals surface area contributed by atoms with Crippen molar-refractivity contribution in [3.8, 4) is 16.9 Å². The van der Waals surface area contributed by atoms with Gasteiger partial charge in [0, 0.05) is 5.56 Å². The molecule has 0 bridgehead atoms. The maximum Gasteiger partial charge on any atom is 0.184 e. The second kappa shape index (κ2) is 4.80. The summed E-state index contributed by atoms with van der Waals surface area (Å²) in [6, 6.07) is 15.3. The lowest BCUT2D eigenvalue weighted by molar-refractivity contribution is -0.0441. The number of hydrogen-bond acceptors (Lipinski definition) is 3. The number of ether oxygens (including phenoxy) is 2. The van der Waals surface area contributed by atoms with Crippen LogP contribution in [0.4, 0.5) is 0 Å². The summed E-state index contributed by atoms with van der Waals surface area (Å²) in [6.45, 7) is 1.31. The van der Waals surface area contributed by atoms with Gasteiger partial charge in [-0.2, -0.15) is 0 Å². The number of rotatable bonds is 2. The van der Waals surface area contributed by atoms with E-state index < -0.39 is 0 Å². The SMILES string of the molecule is Oc1ccc(-c2ccc(C3OCCO3)cc2)cc1. The molecule has 0 saturated carbocycles. The Morgan fingerprint density at radius 1 is 0.778 bits per heavy atom. The molecule has 1 aliphatic heterocycles. The molecule has 0 radical (unpaired) electrons. The van der Waals surface area contributed by atoms with Crippen LogP contribution in [0.2, 0.25) is 0 Å². The van der Waals surface area contributed by atoms with Crippen molar-refractivity contribution in [1.29, 1.82) is 0 Å². The molecule has 2 aromatic carbocycles. The van der Waals surface area contributed by atoms with Gasteiger partial charge in [-0.25, -0.2) is 0 Å². The summed E-state index contributed by atoms with van der Waals surface area (Å²) in [5.74, 6) is 0.281. The van der Waals surface area contributed by atoms with Crippen molar-refractivity contribution in [3.63, 3.8) is 0 Å². The molecule has 0 aliphatic carbocycles. The van der Waals surface area contributed by atoms with E-state index in [1.54, 1.807) is 12.1 Å². The van der Waals surface area contributed by atoms with E-state index in [1.807, 2.05) is 36.4 Å². The molecule has 92 valence electrons. The Morgan fingerprint density at radius 2 is 1.28 bits per heavy atom. The number of phenolic OH excluding ortho intramolecular Hbond substituents is 1. The van der Waals surface area contributed by atoms with Gasteiger partial charge in [-0.1, -0.05) is 36.4 Å². The van der Waals surface area contributed by atoms with Crippen molar-refractivity contribution < 1.29 is 14.6 Å². The van der Waals surface area contributed by atoms with E-state index in [-0.39, 0.29) is 12.0 Å². The number of aromatic hydroxyl groups is 1. The van der Waals surface area contributed by atoms with Gasteiger partial charge in [-0.3, -0.25) is 0 Å². The van der Waals surface area contributed by atoms with Gasteiger partial charge in [-0.05, 0) is 23.3 Å². The fourth-order valence-electron chi connectivity index (χ4n) is 2.04. The second-order valence-electron chi connectivity index (χ2n) is 4.24. The Kier molecular flexibility index (Phi) is 3.00. The molecule has 0 amide bonds. The first-order valence-corrected chi connectivity index (χ1v) is 5.95. The molecule has 0 atom stereocenters. The normalized spacial score (nSPS) is 16.0. The molecule has 18 heavy (non-hydrogen) atoms. The minimum absolute atomic E-state index is 0.223. The first-order valence-electron chi connectivity index (χ1n) is 5.95. The average molecular weight is 242 g/mol. The molecule has 2 aromatic rings. The van der Waals surface area contributed by atoms with E-state index >= 15 is 0 Å². The second-order valence-corrected chi connectivity index (χ2v) is 4.24. The minimum Gasteiger partial charge on any atom is -0.508 e. The van der Waals surface area contributed by atoms with Gasteiger partial charge in [-0.15, -0.1) is 0 Å². The van der Waals surface area contributed by atoms with Gasteiger partial charge in [0.1, 0.15) is 5.75 Å². The molecule has 3 nitrogen and oxygen atoms in total. The quantitative estimate of drug-likeness (QED) is 0.879. The largest absolute Gasteiger partial charge is 0.508 e. The maximum atomic E-state index is 9.26. The van der Waals surface area contributed by atoms with Crippen LogP contribution in [-0.2, 0) is 9.47 Å². The third kappa shape index (κ3) is 2.23. The highest BCUT2D eigenvalue weighted by Crippen LogP contribution is 2.27. The van der Waals surface area contributed by atoms with Crippen molar-refractivity contribution in [2.75, 3.05) is 13.2 Å². The summed E-state index contributed by atoms with van der Waals surface area (Å²) in [5, 5.41) is 9.26. The zero-order valence-electron chi connectivity index (χ0n) is 9.87. The summed E-state index contributed by atoms with van der Waals surface area (Å²) in [4.78, 5) is 0. The van der Waals surface area contributed by atoms with Gasteiger partial charge in [0.2, 0.25) is 0 Å². The van der Waals surface area contributed by atoms with Crippen LogP contribution < -0.4 is 0 Å². The van der Waals surface area contributed by atoms with Gasteiger partial charge >= 0.3 is 0 Å². The molecular formula is C15H14O3. The number of benzene rings is 2. The Labute approximate surface area is 106 Å². The highest BCUT2D eigenvalue weighted by molar-refractivity contribution is 5.64. The van der Waals surface area contributed by atoms with Crippen molar-refractivity contribution in [3.05, 3.63) is 54.1 Å². The monoisotopic (exact) mass is 242 g/mol. The highest BCUT2D eigenvalue weighted by atomic mass is 16.7. The lowest BCUT2D eigenvalue weighted by atomic mass is 10.0. The van der Waals surface area contributed by atoms with Gasteiger partial charge in [0.15, 0.2) is 6.29 Å². The van der Waals surface area contributed by atoms with Crippen LogP contribution in [0.5, 0.6) is 5.75 Å². The summed E-state index contributed by atoms with van der Waals surface area (Å²) in [6.07, 6.45) is -0.223. The molecular weight excluding hydrogens is 228 g/mol. The maximum absolute atomic E-state index is 9.26. The van der Waals surface area contributed by atoms with Crippen molar-refractivity contribution in [1.82, 2.24) is 0 Å². The lowest BCUT2D eigenvalue weighted by Crippen LogP contribution is -1.97. The van der Waals surface area contributed by atoms with Crippen LogP contribution in [-0.4, -0.2) is 18.3 Å². The van der Waals surface area contributed by atoms with Gasteiger partial charge in [0.25, 0.3) is 0 Å². The molecule has 0 aromatic heterocycles. The van der Waals surface area contributed by atoms with Crippen LogP contribution in [0.3, 0.4) is 0 Å². The van der Waals surface area contributed by atoms with Crippen molar-refractivity contribution in [2.24, 2.45) is 0 Å². The molecule has 3 rings (SSSR count). The van der Waals surface area contributed by atoms with Crippen molar-refractivity contribution >= 4 is 0 Å². The van der Waals surface area contributed by atoms with E-state index in [0.717, 1.165) is 16.7 Å². The fraction of sp³-hybridized carbons (Fsp3) is 0.200. The Balaban J connectivity index is 1.84. The zero-order chi connectivity index (χ0) is 12.4. The Morgan fingerprint density at radius 3 is 1.83 bits per heavy atom. The molecule has 3 heteroatoms. The fourth-order valence-corrected chi connectivity index (χ4v) is 2.04. The summed E-state index contributed by atoms with van der Waals surface area (Å²) in [5.41, 5.74) is 3.22. The van der Waals surface area contributed by atoms with Crippen molar-refractivity contribution in [2.45, 2.75) is 6.29 Å². The molecule has 1 fully saturated rings. The van der Waals surface area contributed by atoms with Crippen LogP contribution in [0.1, 0.15) is 11.9 Å². The zero-order valence-corrected chi connectivity index (χ0v) is 9.87. The summed E-state index contributed by atoms with van der Waals surface area (Å²) < 4.78 is 10.9. The predicted octanol–water partition coefficient (Wildman–Crippen LogP) is 3.10. The van der Waals surface area contributed by atoms with Gasteiger partial charge in [0.05, 0.1) is 13.2 Å². The van der Waals surface area contributed by atoms with Gasteiger partial charge < -0.3 is 14.6 Å². The van der Waals surface area contributed by atoms with E-state index in [2.05, 4.69) is 0 Å². The van der Waals surface area contributed by atoms with Crippen LogP contribution >= 0.6 is 0 Å². The summed E-state index contributed by atoms with van der Waals surface area (Å²) >= 11 is 0. The van der Waals surface area contributed by atoms with Crippen LogP contribution in [0.15, 0.2) is 48.5 Å². The minimum atomic E-state index is -0.223. The predicted molar refractivity (Wildman–Crippen MR) is 68.2 cm³/mol. The van der Waals surface area contributed by atoms with E-state index in [1.165, 1.54) is 0 Å². The van der Waals surface area contributed by atoms with Crippen LogP contribution in [0, 0.1) is 0 Å². The molecule has 0 unspecified atom stereocenters. The van der Waals surface area contributed by atoms with E-state index in [0.29, 0.717) is 13.2 Å². The Bertz CT molecular complexity index is 510. The first kappa shape index (κ1) is 11.3. The molecule has 1 aliphatic rings. The smallest absolute Gasteiger partial charge is 0.184 e. The number of hydrogen-bond donors (Lipinski definition) is 1. The summed E-state index contributed by atoms with van der Waals surface area (Å²) in [7, 11) is 0.